The number of methoxy groups -OCH3 is 1. The fourth-order valence-corrected chi connectivity index (χ4v) is 2.58. The van der Waals surface area contributed by atoms with Crippen molar-refractivity contribution in [1.29, 1.82) is 0 Å². The molecule has 2 amide bonds. The summed E-state index contributed by atoms with van der Waals surface area (Å²) in [7, 11) is -1.18. The smallest absolute Gasteiger partial charge is 0.251 e. The third-order valence-electron chi connectivity index (χ3n) is 2.77. The summed E-state index contributed by atoms with van der Waals surface area (Å²) in [5, 5.41) is 4.95. The second-order valence-corrected chi connectivity index (χ2v) is 6.06. The van der Waals surface area contributed by atoms with Gasteiger partial charge in [0.2, 0.25) is 15.9 Å². The SMILES string of the molecule is CCNC(=O)CNC(=O)c1ccc(OC)c(S(=O)(=O)NC)c1. The average Bonchev–Trinajstić information content (AvgIpc) is 2.52. The number of benzene rings is 1. The van der Waals surface area contributed by atoms with E-state index in [9.17, 15) is 18.0 Å². The molecule has 0 aliphatic rings. The summed E-state index contributed by atoms with van der Waals surface area (Å²) in [6.45, 7) is 2.03. The molecule has 0 saturated heterocycles. The minimum atomic E-state index is -3.77. The van der Waals surface area contributed by atoms with Crippen molar-refractivity contribution in [2.75, 3.05) is 27.2 Å². The predicted molar refractivity (Wildman–Crippen MR) is 80.3 cm³/mol. The van der Waals surface area contributed by atoms with Crippen molar-refractivity contribution in [2.24, 2.45) is 0 Å². The van der Waals surface area contributed by atoms with Crippen LogP contribution in [0.5, 0.6) is 5.75 Å². The number of hydrogen-bond acceptors (Lipinski definition) is 5. The van der Waals surface area contributed by atoms with Gasteiger partial charge < -0.3 is 15.4 Å². The van der Waals surface area contributed by atoms with Gasteiger partial charge in [-0.1, -0.05) is 0 Å². The van der Waals surface area contributed by atoms with Crippen molar-refractivity contribution in [3.05, 3.63) is 23.8 Å². The Hall–Kier alpha value is -2.13. The summed E-state index contributed by atoms with van der Waals surface area (Å²) in [6, 6.07) is 3.99. The van der Waals surface area contributed by atoms with E-state index in [0.29, 0.717) is 6.54 Å². The van der Waals surface area contributed by atoms with Crippen molar-refractivity contribution in [1.82, 2.24) is 15.4 Å². The van der Waals surface area contributed by atoms with E-state index < -0.39 is 15.9 Å². The van der Waals surface area contributed by atoms with Crippen LogP contribution in [0.1, 0.15) is 17.3 Å². The van der Waals surface area contributed by atoms with E-state index in [0.717, 1.165) is 0 Å². The number of likely N-dealkylation sites (N-methyl/N-ethyl adjacent to an activating group) is 1. The van der Waals surface area contributed by atoms with Crippen LogP contribution in [0, 0.1) is 0 Å². The number of rotatable bonds is 7. The molecular formula is C13H19N3O5S. The third kappa shape index (κ3) is 4.43. The standard InChI is InChI=1S/C13H19N3O5S/c1-4-15-12(17)8-16-13(18)9-5-6-10(21-3)11(7-9)22(19,20)14-2/h5-7,14H,4,8H2,1-3H3,(H,15,17)(H,16,18). The fourth-order valence-electron chi connectivity index (χ4n) is 1.66. The Labute approximate surface area is 129 Å². The molecule has 0 atom stereocenters. The first-order valence-corrected chi connectivity index (χ1v) is 8.00. The van der Waals surface area contributed by atoms with Gasteiger partial charge in [0.1, 0.15) is 10.6 Å². The highest BCUT2D eigenvalue weighted by Gasteiger charge is 2.20. The molecule has 0 aliphatic heterocycles. The zero-order chi connectivity index (χ0) is 16.8. The summed E-state index contributed by atoms with van der Waals surface area (Å²) in [5.74, 6) is -0.761. The predicted octanol–water partition coefficient (Wildman–Crippen LogP) is -0.531. The topological polar surface area (TPSA) is 114 Å². The van der Waals surface area contributed by atoms with E-state index in [2.05, 4.69) is 15.4 Å². The van der Waals surface area contributed by atoms with Gasteiger partial charge in [0.15, 0.2) is 0 Å². The first kappa shape index (κ1) is 17.9. The van der Waals surface area contributed by atoms with Gasteiger partial charge in [0, 0.05) is 12.1 Å². The second kappa shape index (κ2) is 7.76. The Kier molecular flexibility index (Phi) is 6.32. The van der Waals surface area contributed by atoms with Crippen molar-refractivity contribution < 1.29 is 22.7 Å². The molecule has 1 rings (SSSR count). The van der Waals surface area contributed by atoms with E-state index in [1.165, 1.54) is 32.4 Å². The molecule has 0 saturated carbocycles. The van der Waals surface area contributed by atoms with E-state index >= 15 is 0 Å². The zero-order valence-electron chi connectivity index (χ0n) is 12.6. The minimum absolute atomic E-state index is 0.110. The Balaban J connectivity index is 3.00. The van der Waals surface area contributed by atoms with Gasteiger partial charge in [-0.15, -0.1) is 0 Å². The van der Waals surface area contributed by atoms with Gasteiger partial charge in [0.25, 0.3) is 5.91 Å². The Morgan fingerprint density at radius 2 is 1.91 bits per heavy atom. The monoisotopic (exact) mass is 329 g/mol. The van der Waals surface area contributed by atoms with Crippen LogP contribution in [-0.2, 0) is 14.8 Å². The van der Waals surface area contributed by atoms with Crippen molar-refractivity contribution >= 4 is 21.8 Å². The molecule has 0 bridgehead atoms. The molecule has 1 aromatic carbocycles. The van der Waals surface area contributed by atoms with Crippen LogP contribution in [0.3, 0.4) is 0 Å². The number of ether oxygens (including phenoxy) is 1. The quantitative estimate of drug-likeness (QED) is 0.622. The van der Waals surface area contributed by atoms with Crippen LogP contribution in [0.15, 0.2) is 23.1 Å². The maximum Gasteiger partial charge on any atom is 0.251 e. The first-order valence-electron chi connectivity index (χ1n) is 6.52. The molecular weight excluding hydrogens is 310 g/mol. The highest BCUT2D eigenvalue weighted by Crippen LogP contribution is 2.24. The second-order valence-electron chi connectivity index (χ2n) is 4.21. The number of hydrogen-bond donors (Lipinski definition) is 3. The highest BCUT2D eigenvalue weighted by molar-refractivity contribution is 7.89. The lowest BCUT2D eigenvalue weighted by atomic mass is 10.2. The molecule has 122 valence electrons. The van der Waals surface area contributed by atoms with Crippen LogP contribution in [-0.4, -0.2) is 47.5 Å². The fraction of sp³-hybridized carbons (Fsp3) is 0.385. The van der Waals surface area contributed by atoms with Gasteiger partial charge in [-0.2, -0.15) is 0 Å². The Morgan fingerprint density at radius 3 is 2.45 bits per heavy atom. The molecule has 0 aromatic heterocycles. The van der Waals surface area contributed by atoms with Gasteiger partial charge >= 0.3 is 0 Å². The van der Waals surface area contributed by atoms with Crippen molar-refractivity contribution in [2.45, 2.75) is 11.8 Å². The van der Waals surface area contributed by atoms with Crippen LogP contribution < -0.4 is 20.1 Å². The number of carbonyl (C=O) groups is 2. The van der Waals surface area contributed by atoms with E-state index in [1.807, 2.05) is 0 Å². The molecule has 1 aromatic rings. The summed E-state index contributed by atoms with van der Waals surface area (Å²) in [4.78, 5) is 23.1. The molecule has 0 radical (unpaired) electrons. The highest BCUT2D eigenvalue weighted by atomic mass is 32.2. The lowest BCUT2D eigenvalue weighted by Gasteiger charge is -2.11. The van der Waals surface area contributed by atoms with E-state index in [4.69, 9.17) is 4.74 Å². The summed E-state index contributed by atoms with van der Waals surface area (Å²) < 4.78 is 31.0. The molecule has 0 aliphatic carbocycles. The van der Waals surface area contributed by atoms with Crippen LogP contribution >= 0.6 is 0 Å². The van der Waals surface area contributed by atoms with Crippen LogP contribution in [0.2, 0.25) is 0 Å². The number of sulfonamides is 1. The molecule has 0 fully saturated rings. The molecule has 0 heterocycles. The first-order chi connectivity index (χ1) is 10.4. The molecule has 3 N–H and O–H groups in total. The Bertz CT molecular complexity index is 658. The van der Waals surface area contributed by atoms with Crippen LogP contribution in [0.4, 0.5) is 0 Å². The minimum Gasteiger partial charge on any atom is -0.495 e. The number of nitrogens with one attached hydrogen (secondary N) is 3. The summed E-state index contributed by atoms with van der Waals surface area (Å²) in [5.41, 5.74) is 0.110. The van der Waals surface area contributed by atoms with Gasteiger partial charge in [-0.3, -0.25) is 9.59 Å². The maximum absolute atomic E-state index is 12.0. The van der Waals surface area contributed by atoms with Crippen molar-refractivity contribution in [3.63, 3.8) is 0 Å². The van der Waals surface area contributed by atoms with Gasteiger partial charge in [-0.25, -0.2) is 13.1 Å². The largest absolute Gasteiger partial charge is 0.495 e. The van der Waals surface area contributed by atoms with Crippen molar-refractivity contribution in [3.8, 4) is 5.75 Å². The molecule has 0 unspecified atom stereocenters. The van der Waals surface area contributed by atoms with Gasteiger partial charge in [0.05, 0.1) is 13.7 Å². The zero-order valence-corrected chi connectivity index (χ0v) is 13.4. The molecule has 8 nitrogen and oxygen atoms in total. The third-order valence-corrected chi connectivity index (χ3v) is 4.20. The van der Waals surface area contributed by atoms with E-state index in [1.54, 1.807) is 6.92 Å². The lowest BCUT2D eigenvalue weighted by molar-refractivity contribution is -0.120. The average molecular weight is 329 g/mol. The molecule has 0 spiro atoms. The molecule has 22 heavy (non-hydrogen) atoms. The number of amides is 2. The maximum atomic E-state index is 12.0. The Morgan fingerprint density at radius 1 is 1.23 bits per heavy atom. The van der Waals surface area contributed by atoms with Crippen LogP contribution in [0.25, 0.3) is 0 Å². The number of carbonyl (C=O) groups excluding carboxylic acids is 2. The summed E-state index contributed by atoms with van der Waals surface area (Å²) >= 11 is 0. The van der Waals surface area contributed by atoms with Gasteiger partial charge in [-0.05, 0) is 32.2 Å². The summed E-state index contributed by atoms with van der Waals surface area (Å²) in [6.07, 6.45) is 0. The lowest BCUT2D eigenvalue weighted by Crippen LogP contribution is -2.36. The normalized spacial score (nSPS) is 10.9. The van der Waals surface area contributed by atoms with E-state index in [-0.39, 0.29) is 28.7 Å². The molecule has 9 heteroatoms.